The van der Waals surface area contributed by atoms with E-state index in [1.54, 1.807) is 12.1 Å². The van der Waals surface area contributed by atoms with E-state index >= 15 is 0 Å². The Morgan fingerprint density at radius 1 is 1.09 bits per heavy atom. The normalized spacial score (nSPS) is 11.0. The fourth-order valence-electron chi connectivity index (χ4n) is 3.44. The number of nitrogens with zero attached hydrogens (tertiary/aromatic N) is 4. The lowest BCUT2D eigenvalue weighted by Gasteiger charge is -2.10. The van der Waals surface area contributed by atoms with E-state index in [4.69, 9.17) is 0 Å². The summed E-state index contributed by atoms with van der Waals surface area (Å²) in [5.74, 6) is 0.621. The number of amides is 1. The lowest BCUT2D eigenvalue weighted by Crippen LogP contribution is -2.20. The lowest BCUT2D eigenvalue weighted by atomic mass is 10.1. The van der Waals surface area contributed by atoms with Gasteiger partial charge >= 0.3 is 0 Å². The molecule has 8 heteroatoms. The number of phenols is 1. The number of carbonyl (C=O) groups excluding carboxylic acids is 1. The maximum Gasteiger partial charge on any atom is 0.250 e. The molecule has 176 valence electrons. The van der Waals surface area contributed by atoms with Crippen LogP contribution in [0.4, 0.5) is 0 Å². The van der Waals surface area contributed by atoms with Crippen molar-refractivity contribution in [1.82, 2.24) is 20.2 Å². The van der Waals surface area contributed by atoms with Gasteiger partial charge in [-0.3, -0.25) is 9.36 Å². The first-order valence-electron chi connectivity index (χ1n) is 11.0. The summed E-state index contributed by atoms with van der Waals surface area (Å²) in [6, 6.07) is 23.2. The van der Waals surface area contributed by atoms with E-state index in [0.29, 0.717) is 23.0 Å². The second-order valence-electron chi connectivity index (χ2n) is 7.77. The zero-order valence-corrected chi connectivity index (χ0v) is 20.1. The van der Waals surface area contributed by atoms with Crippen LogP contribution in [0.3, 0.4) is 0 Å². The number of allylic oxidation sites excluding steroid dienone is 1. The van der Waals surface area contributed by atoms with Crippen LogP contribution in [0.25, 0.3) is 17.1 Å². The van der Waals surface area contributed by atoms with Crippen molar-refractivity contribution in [3.8, 4) is 22.8 Å². The van der Waals surface area contributed by atoms with Gasteiger partial charge in [-0.05, 0) is 37.1 Å². The largest absolute Gasteiger partial charge is 0.507 e. The number of para-hydroxylation sites is 1. The molecule has 0 aliphatic heterocycles. The summed E-state index contributed by atoms with van der Waals surface area (Å²) in [5, 5.41) is 23.6. The fraction of sp³-hybridized carbons (Fsp3) is 0.111. The average molecular weight is 484 g/mol. The van der Waals surface area contributed by atoms with Gasteiger partial charge in [0, 0.05) is 16.8 Å². The molecule has 1 amide bonds. The van der Waals surface area contributed by atoms with Crippen LogP contribution in [0.15, 0.2) is 95.7 Å². The Labute approximate surface area is 208 Å². The van der Waals surface area contributed by atoms with Crippen molar-refractivity contribution in [2.45, 2.75) is 18.5 Å². The van der Waals surface area contributed by atoms with Crippen LogP contribution in [0.2, 0.25) is 0 Å². The van der Waals surface area contributed by atoms with Crippen molar-refractivity contribution in [2.75, 3.05) is 5.75 Å². The number of aryl methyl sites for hydroxylation is 1. The van der Waals surface area contributed by atoms with Gasteiger partial charge in [0.05, 0.1) is 12.0 Å². The Morgan fingerprint density at radius 3 is 2.60 bits per heavy atom. The predicted octanol–water partition coefficient (Wildman–Crippen LogP) is 4.92. The molecule has 7 nitrogen and oxygen atoms in total. The van der Waals surface area contributed by atoms with Crippen LogP contribution < -0.4 is 5.43 Å². The van der Waals surface area contributed by atoms with Crippen molar-refractivity contribution in [1.29, 1.82) is 0 Å². The third kappa shape index (κ3) is 5.85. The van der Waals surface area contributed by atoms with E-state index in [1.165, 1.54) is 18.0 Å². The number of hydrazone groups is 1. The molecule has 2 N–H and O–H groups in total. The Kier molecular flexibility index (Phi) is 7.74. The first-order chi connectivity index (χ1) is 17.1. The number of hydrogen-bond donors (Lipinski definition) is 2. The molecule has 0 spiro atoms. The zero-order valence-electron chi connectivity index (χ0n) is 19.3. The molecule has 3 aromatic carbocycles. The van der Waals surface area contributed by atoms with Crippen molar-refractivity contribution in [2.24, 2.45) is 5.10 Å². The minimum atomic E-state index is -0.298. The number of phenolic OH excluding ortho intramolecular Hbond substituents is 1. The highest BCUT2D eigenvalue weighted by Crippen LogP contribution is 2.28. The van der Waals surface area contributed by atoms with Crippen LogP contribution in [0.5, 0.6) is 5.75 Å². The van der Waals surface area contributed by atoms with Gasteiger partial charge in [0.25, 0.3) is 5.91 Å². The summed E-state index contributed by atoms with van der Waals surface area (Å²) >= 11 is 1.27. The molecule has 0 bridgehead atoms. The van der Waals surface area contributed by atoms with Gasteiger partial charge in [-0.25, -0.2) is 5.43 Å². The van der Waals surface area contributed by atoms with Crippen LogP contribution in [-0.4, -0.2) is 37.7 Å². The van der Waals surface area contributed by atoms with E-state index < -0.39 is 0 Å². The van der Waals surface area contributed by atoms with Crippen LogP contribution in [-0.2, 0) is 11.2 Å². The molecular weight excluding hydrogens is 458 g/mol. The number of thioether (sulfide) groups is 1. The SMILES string of the molecule is C=CCc1cccc(/C=N/NC(=O)CSc2nnc(-c3ccccc3)n2-c2ccc(C)cc2)c1O. The van der Waals surface area contributed by atoms with Crippen LogP contribution >= 0.6 is 11.8 Å². The highest BCUT2D eigenvalue weighted by atomic mass is 32.2. The summed E-state index contributed by atoms with van der Waals surface area (Å²) in [6.07, 6.45) is 3.68. The van der Waals surface area contributed by atoms with Crippen LogP contribution in [0.1, 0.15) is 16.7 Å². The van der Waals surface area contributed by atoms with Gasteiger partial charge in [-0.15, -0.1) is 16.8 Å². The minimum Gasteiger partial charge on any atom is -0.507 e. The number of aromatic hydroxyl groups is 1. The molecule has 35 heavy (non-hydrogen) atoms. The quantitative estimate of drug-likeness (QED) is 0.153. The van der Waals surface area contributed by atoms with E-state index in [1.807, 2.05) is 78.2 Å². The molecule has 0 atom stereocenters. The molecule has 0 unspecified atom stereocenters. The number of hydrogen-bond acceptors (Lipinski definition) is 6. The lowest BCUT2D eigenvalue weighted by molar-refractivity contribution is -0.118. The maximum absolute atomic E-state index is 12.5. The molecule has 0 saturated heterocycles. The fourth-order valence-corrected chi connectivity index (χ4v) is 4.18. The molecule has 0 aliphatic carbocycles. The summed E-state index contributed by atoms with van der Waals surface area (Å²) in [4.78, 5) is 12.5. The standard InChI is InChI=1S/C27H25N5O2S/c1-3-8-20-11-7-12-22(25(20)34)17-28-29-24(33)18-35-27-31-30-26(21-9-5-4-6-10-21)32(27)23-15-13-19(2)14-16-23/h3-7,9-17,34H,1,8,18H2,2H3,(H,29,33)/b28-17+. The summed E-state index contributed by atoms with van der Waals surface area (Å²) in [6.45, 7) is 5.72. The van der Waals surface area contributed by atoms with Gasteiger partial charge in [0.1, 0.15) is 5.75 Å². The smallest absolute Gasteiger partial charge is 0.250 e. The maximum atomic E-state index is 12.5. The highest BCUT2D eigenvalue weighted by Gasteiger charge is 2.17. The molecule has 0 saturated carbocycles. The molecule has 4 rings (SSSR count). The molecule has 0 radical (unpaired) electrons. The number of carbonyl (C=O) groups is 1. The molecule has 4 aromatic rings. The predicted molar refractivity (Wildman–Crippen MR) is 140 cm³/mol. The van der Waals surface area contributed by atoms with Crippen molar-refractivity contribution < 1.29 is 9.90 Å². The Hall–Kier alpha value is -4.17. The molecule has 1 heterocycles. The zero-order chi connectivity index (χ0) is 24.6. The number of aromatic nitrogens is 3. The van der Waals surface area contributed by atoms with Crippen LogP contribution in [0, 0.1) is 6.92 Å². The highest BCUT2D eigenvalue weighted by molar-refractivity contribution is 7.99. The topological polar surface area (TPSA) is 92.4 Å². The average Bonchev–Trinajstić information content (AvgIpc) is 3.30. The van der Waals surface area contributed by atoms with E-state index in [0.717, 1.165) is 22.4 Å². The van der Waals surface area contributed by atoms with Gasteiger partial charge < -0.3 is 5.11 Å². The van der Waals surface area contributed by atoms with Crippen molar-refractivity contribution in [3.63, 3.8) is 0 Å². The number of rotatable bonds is 9. The third-order valence-electron chi connectivity index (χ3n) is 5.20. The first kappa shape index (κ1) is 24.0. The summed E-state index contributed by atoms with van der Waals surface area (Å²) in [5.41, 5.74) is 6.76. The van der Waals surface area contributed by atoms with Gasteiger partial charge in [-0.1, -0.05) is 78.0 Å². The Morgan fingerprint density at radius 2 is 1.86 bits per heavy atom. The molecule has 1 aromatic heterocycles. The minimum absolute atomic E-state index is 0.0958. The third-order valence-corrected chi connectivity index (χ3v) is 6.13. The van der Waals surface area contributed by atoms with Gasteiger partial charge in [-0.2, -0.15) is 5.10 Å². The van der Waals surface area contributed by atoms with E-state index in [-0.39, 0.29) is 17.4 Å². The summed E-state index contributed by atoms with van der Waals surface area (Å²) in [7, 11) is 0. The number of benzene rings is 3. The van der Waals surface area contributed by atoms with Crippen molar-refractivity contribution in [3.05, 3.63) is 102 Å². The van der Waals surface area contributed by atoms with E-state index in [9.17, 15) is 9.90 Å². The van der Waals surface area contributed by atoms with Gasteiger partial charge in [0.15, 0.2) is 11.0 Å². The monoisotopic (exact) mass is 483 g/mol. The molecular formula is C27H25N5O2S. The Balaban J connectivity index is 1.48. The summed E-state index contributed by atoms with van der Waals surface area (Å²) < 4.78 is 1.94. The molecule has 0 fully saturated rings. The Bertz CT molecular complexity index is 1350. The van der Waals surface area contributed by atoms with Gasteiger partial charge in [0.2, 0.25) is 0 Å². The number of nitrogens with one attached hydrogen (secondary N) is 1. The second-order valence-corrected chi connectivity index (χ2v) is 8.72. The van der Waals surface area contributed by atoms with Crippen molar-refractivity contribution >= 4 is 23.9 Å². The second kappa shape index (κ2) is 11.3. The molecule has 0 aliphatic rings. The first-order valence-corrected chi connectivity index (χ1v) is 12.0. The van der Waals surface area contributed by atoms with E-state index in [2.05, 4.69) is 27.3 Å².